The van der Waals surface area contributed by atoms with Gasteiger partial charge in [-0.05, 0) is 38.1 Å². The van der Waals surface area contributed by atoms with Crippen LogP contribution in [0.2, 0.25) is 0 Å². The van der Waals surface area contributed by atoms with Gasteiger partial charge in [0.2, 0.25) is 0 Å². The Hall–Kier alpha value is -2.34. The Balaban J connectivity index is 2.00. The third-order valence-corrected chi connectivity index (χ3v) is 4.80. The van der Waals surface area contributed by atoms with Crippen LogP contribution in [0.15, 0.2) is 53.6 Å². The predicted octanol–water partition coefficient (Wildman–Crippen LogP) is 2.75. The van der Waals surface area contributed by atoms with Gasteiger partial charge in [0, 0.05) is 11.9 Å². The number of nitrogens with one attached hydrogen (secondary N) is 1. The second-order valence-corrected chi connectivity index (χ2v) is 6.53. The first-order valence-corrected chi connectivity index (χ1v) is 7.99. The summed E-state index contributed by atoms with van der Waals surface area (Å²) in [7, 11) is -3.57. The zero-order valence-corrected chi connectivity index (χ0v) is 12.6. The summed E-state index contributed by atoms with van der Waals surface area (Å²) in [4.78, 5) is 4.63. The lowest BCUT2D eigenvalue weighted by Gasteiger charge is -2.08. The van der Waals surface area contributed by atoms with Gasteiger partial charge in [0.25, 0.3) is 10.0 Å². The molecule has 0 spiro atoms. The highest BCUT2D eigenvalue weighted by Crippen LogP contribution is 2.18. The summed E-state index contributed by atoms with van der Waals surface area (Å²) < 4.78 is 29.0. The van der Waals surface area contributed by atoms with E-state index in [1.165, 1.54) is 0 Å². The van der Waals surface area contributed by atoms with E-state index in [4.69, 9.17) is 0 Å². The molecular formula is C15H15N3O2S. The lowest BCUT2D eigenvalue weighted by Crippen LogP contribution is -2.13. The van der Waals surface area contributed by atoms with E-state index in [9.17, 15) is 8.42 Å². The Kier molecular flexibility index (Phi) is 3.17. The van der Waals surface area contributed by atoms with Crippen molar-refractivity contribution in [2.75, 3.05) is 4.72 Å². The molecule has 108 valence electrons. The number of hydrogen-bond acceptors (Lipinski definition) is 3. The van der Waals surface area contributed by atoms with Gasteiger partial charge in [0.05, 0.1) is 16.3 Å². The molecule has 1 N–H and O–H groups in total. The molecule has 6 heteroatoms. The second-order valence-electron chi connectivity index (χ2n) is 4.85. The molecule has 0 fully saturated rings. The molecule has 2 heterocycles. The number of pyridine rings is 1. The maximum absolute atomic E-state index is 12.3. The van der Waals surface area contributed by atoms with Gasteiger partial charge in [0.15, 0.2) is 0 Å². The maximum Gasteiger partial charge on any atom is 0.261 e. The van der Waals surface area contributed by atoms with Crippen LogP contribution in [0.5, 0.6) is 0 Å². The first-order chi connectivity index (χ1) is 9.97. The monoisotopic (exact) mass is 301 g/mol. The smallest absolute Gasteiger partial charge is 0.261 e. The Morgan fingerprint density at radius 1 is 1.05 bits per heavy atom. The van der Waals surface area contributed by atoms with Crippen LogP contribution >= 0.6 is 0 Å². The number of fused-ring (bicyclic) bond motifs is 1. The van der Waals surface area contributed by atoms with E-state index in [1.54, 1.807) is 48.7 Å². The number of sulfonamides is 1. The molecule has 0 amide bonds. The molecule has 5 nitrogen and oxygen atoms in total. The molecule has 0 aliphatic carbocycles. The molecule has 3 rings (SSSR count). The van der Waals surface area contributed by atoms with Crippen LogP contribution in [0, 0.1) is 13.8 Å². The van der Waals surface area contributed by atoms with Gasteiger partial charge in [-0.1, -0.05) is 18.2 Å². The molecule has 0 saturated carbocycles. The topological polar surface area (TPSA) is 63.5 Å². The summed E-state index contributed by atoms with van der Waals surface area (Å²) in [5, 5.41) is 0. The van der Waals surface area contributed by atoms with Crippen LogP contribution in [-0.2, 0) is 10.0 Å². The maximum atomic E-state index is 12.3. The van der Waals surface area contributed by atoms with E-state index in [-0.39, 0.29) is 4.90 Å². The normalized spacial score (nSPS) is 11.7. The zero-order valence-electron chi connectivity index (χ0n) is 11.7. The number of hydrogen-bond donors (Lipinski definition) is 1. The standard InChI is InChI=1S/C15H15N3O2S/c1-11-12(2)18-10-13(8-9-15(18)16-11)17-21(19,20)14-6-4-3-5-7-14/h3-10,17H,1-2H3. The van der Waals surface area contributed by atoms with Crippen LogP contribution < -0.4 is 4.72 Å². The van der Waals surface area contributed by atoms with Crippen LogP contribution in [0.1, 0.15) is 11.4 Å². The first kappa shape index (κ1) is 13.6. The average Bonchev–Trinajstić information content (AvgIpc) is 2.75. The quantitative estimate of drug-likeness (QED) is 0.809. The highest BCUT2D eigenvalue weighted by Gasteiger charge is 2.14. The summed E-state index contributed by atoms with van der Waals surface area (Å²) in [5.41, 5.74) is 3.23. The fourth-order valence-electron chi connectivity index (χ4n) is 2.15. The van der Waals surface area contributed by atoms with E-state index in [2.05, 4.69) is 9.71 Å². The van der Waals surface area contributed by atoms with E-state index >= 15 is 0 Å². The summed E-state index contributed by atoms with van der Waals surface area (Å²) in [6.07, 6.45) is 1.74. The molecule has 0 aliphatic heterocycles. The summed E-state index contributed by atoms with van der Waals surface area (Å²) >= 11 is 0. The summed E-state index contributed by atoms with van der Waals surface area (Å²) in [6.45, 7) is 3.88. The molecule has 0 saturated heterocycles. The Bertz CT molecular complexity index is 899. The number of benzene rings is 1. The Labute approximate surface area is 123 Å². The van der Waals surface area contributed by atoms with Crippen molar-refractivity contribution in [3.05, 3.63) is 60.0 Å². The minimum atomic E-state index is -3.57. The minimum absolute atomic E-state index is 0.239. The molecule has 21 heavy (non-hydrogen) atoms. The highest BCUT2D eigenvalue weighted by atomic mass is 32.2. The number of nitrogens with zero attached hydrogens (tertiary/aromatic N) is 2. The van der Waals surface area contributed by atoms with E-state index in [0.29, 0.717) is 5.69 Å². The van der Waals surface area contributed by atoms with Gasteiger partial charge in [-0.25, -0.2) is 13.4 Å². The molecule has 0 atom stereocenters. The first-order valence-electron chi connectivity index (χ1n) is 6.50. The molecule has 0 unspecified atom stereocenters. The van der Waals surface area contributed by atoms with Crippen molar-refractivity contribution < 1.29 is 8.42 Å². The van der Waals surface area contributed by atoms with E-state index in [0.717, 1.165) is 17.0 Å². The van der Waals surface area contributed by atoms with Crippen molar-refractivity contribution in [1.29, 1.82) is 0 Å². The van der Waals surface area contributed by atoms with Gasteiger partial charge < -0.3 is 4.40 Å². The van der Waals surface area contributed by atoms with E-state index < -0.39 is 10.0 Å². The fourth-order valence-corrected chi connectivity index (χ4v) is 3.22. The Morgan fingerprint density at radius 3 is 2.48 bits per heavy atom. The van der Waals surface area contributed by atoms with E-state index in [1.807, 2.05) is 18.2 Å². The van der Waals surface area contributed by atoms with Gasteiger partial charge in [-0.3, -0.25) is 4.72 Å². The number of aryl methyl sites for hydroxylation is 2. The second kappa shape index (κ2) is 4.89. The predicted molar refractivity (Wildman–Crippen MR) is 81.9 cm³/mol. The highest BCUT2D eigenvalue weighted by molar-refractivity contribution is 7.92. The number of anilines is 1. The zero-order chi connectivity index (χ0) is 15.0. The molecule has 3 aromatic rings. The van der Waals surface area contributed by atoms with Gasteiger partial charge >= 0.3 is 0 Å². The van der Waals surface area contributed by atoms with Crippen LogP contribution in [0.4, 0.5) is 5.69 Å². The largest absolute Gasteiger partial charge is 0.302 e. The summed E-state index contributed by atoms with van der Waals surface area (Å²) in [5.74, 6) is 0. The molecule has 0 aliphatic rings. The van der Waals surface area contributed by atoms with Gasteiger partial charge in [-0.2, -0.15) is 0 Å². The summed E-state index contributed by atoms with van der Waals surface area (Å²) in [6, 6.07) is 11.8. The van der Waals surface area contributed by atoms with Crippen molar-refractivity contribution in [1.82, 2.24) is 9.38 Å². The van der Waals surface area contributed by atoms with Gasteiger partial charge in [0.1, 0.15) is 5.65 Å². The molecule has 2 aromatic heterocycles. The Morgan fingerprint density at radius 2 is 1.76 bits per heavy atom. The van der Waals surface area contributed by atoms with Crippen molar-refractivity contribution in [3.63, 3.8) is 0 Å². The number of imidazole rings is 1. The third kappa shape index (κ3) is 2.50. The number of rotatable bonds is 3. The van der Waals surface area contributed by atoms with Crippen molar-refractivity contribution in [3.8, 4) is 0 Å². The molecule has 0 bridgehead atoms. The van der Waals surface area contributed by atoms with Crippen molar-refractivity contribution in [2.24, 2.45) is 0 Å². The SMILES string of the molecule is Cc1nc2ccc(NS(=O)(=O)c3ccccc3)cn2c1C. The lowest BCUT2D eigenvalue weighted by molar-refractivity contribution is 0.601. The van der Waals surface area contributed by atoms with Crippen molar-refractivity contribution in [2.45, 2.75) is 18.7 Å². The van der Waals surface area contributed by atoms with Gasteiger partial charge in [-0.15, -0.1) is 0 Å². The molecule has 1 aromatic carbocycles. The lowest BCUT2D eigenvalue weighted by atomic mass is 10.4. The number of aromatic nitrogens is 2. The minimum Gasteiger partial charge on any atom is -0.302 e. The van der Waals surface area contributed by atoms with Crippen LogP contribution in [0.25, 0.3) is 5.65 Å². The van der Waals surface area contributed by atoms with Crippen LogP contribution in [-0.4, -0.2) is 17.8 Å². The molecule has 0 radical (unpaired) electrons. The third-order valence-electron chi connectivity index (χ3n) is 3.40. The molecular weight excluding hydrogens is 286 g/mol. The van der Waals surface area contributed by atoms with Crippen LogP contribution in [0.3, 0.4) is 0 Å². The van der Waals surface area contributed by atoms with Crippen molar-refractivity contribution >= 4 is 21.4 Å². The fraction of sp³-hybridized carbons (Fsp3) is 0.133. The average molecular weight is 301 g/mol.